The van der Waals surface area contributed by atoms with Crippen LogP contribution in [0.25, 0.3) is 0 Å². The Morgan fingerprint density at radius 1 is 1.29 bits per heavy atom. The van der Waals surface area contributed by atoms with Crippen molar-refractivity contribution >= 4 is 23.2 Å². The van der Waals surface area contributed by atoms with E-state index >= 15 is 0 Å². The molecule has 1 aromatic carbocycles. The fourth-order valence-corrected chi connectivity index (χ4v) is 2.85. The van der Waals surface area contributed by atoms with E-state index in [1.165, 1.54) is 18.2 Å². The third-order valence-corrected chi connectivity index (χ3v) is 4.51. The first kappa shape index (κ1) is 20.1. The molecular formula is C18H20ClN3O6. The Morgan fingerprint density at radius 3 is 2.82 bits per heavy atom. The first-order valence-electron chi connectivity index (χ1n) is 8.76. The number of hydrogen-bond donors (Lipinski definition) is 1. The van der Waals surface area contributed by atoms with Gasteiger partial charge in [0.05, 0.1) is 29.2 Å². The fraction of sp³-hybridized carbons (Fsp3) is 0.389. The highest BCUT2D eigenvalue weighted by Gasteiger charge is 2.15. The monoisotopic (exact) mass is 409 g/mol. The minimum Gasteiger partial charge on any atom is -0.484 e. The molecule has 1 aromatic heterocycles. The van der Waals surface area contributed by atoms with Gasteiger partial charge >= 0.3 is 0 Å². The number of ether oxygens (including phenoxy) is 2. The SMILES string of the molecule is O=C(NCCN1CCOCC1)c1ccc(COc2cc([N+](=O)[O-])ccc2Cl)o1. The molecule has 0 aliphatic carbocycles. The molecule has 10 heteroatoms. The molecule has 1 aliphatic rings. The Hall–Kier alpha value is -2.62. The highest BCUT2D eigenvalue weighted by molar-refractivity contribution is 6.32. The number of amides is 1. The second-order valence-electron chi connectivity index (χ2n) is 6.14. The van der Waals surface area contributed by atoms with Gasteiger partial charge in [0.2, 0.25) is 0 Å². The van der Waals surface area contributed by atoms with E-state index in [0.29, 0.717) is 25.5 Å². The predicted octanol–water partition coefficient (Wildman–Crippen LogP) is 2.48. The van der Waals surface area contributed by atoms with Gasteiger partial charge in [-0.2, -0.15) is 0 Å². The molecule has 0 bridgehead atoms. The lowest BCUT2D eigenvalue weighted by Gasteiger charge is -2.26. The number of carbonyl (C=O) groups is 1. The number of nitrogens with zero attached hydrogens (tertiary/aromatic N) is 2. The molecule has 0 atom stereocenters. The van der Waals surface area contributed by atoms with Crippen molar-refractivity contribution in [1.29, 1.82) is 0 Å². The number of carbonyl (C=O) groups excluding carboxylic acids is 1. The molecule has 0 spiro atoms. The van der Waals surface area contributed by atoms with Gasteiger partial charge in [-0.25, -0.2) is 0 Å². The zero-order valence-corrected chi connectivity index (χ0v) is 15.8. The summed E-state index contributed by atoms with van der Waals surface area (Å²) in [4.78, 5) is 24.7. The molecule has 0 radical (unpaired) electrons. The van der Waals surface area contributed by atoms with E-state index in [1.807, 2.05) is 0 Å². The zero-order valence-electron chi connectivity index (χ0n) is 15.1. The average Bonchev–Trinajstić information content (AvgIpc) is 3.17. The first-order valence-corrected chi connectivity index (χ1v) is 9.14. The van der Waals surface area contributed by atoms with Crippen LogP contribution in [0.4, 0.5) is 5.69 Å². The third kappa shape index (κ3) is 5.44. The van der Waals surface area contributed by atoms with E-state index in [1.54, 1.807) is 12.1 Å². The Balaban J connectivity index is 1.49. The number of rotatable bonds is 8. The minimum atomic E-state index is -0.532. The van der Waals surface area contributed by atoms with Crippen LogP contribution in [-0.4, -0.2) is 55.1 Å². The summed E-state index contributed by atoms with van der Waals surface area (Å²) in [6.07, 6.45) is 0. The second kappa shape index (κ2) is 9.54. The van der Waals surface area contributed by atoms with Crippen LogP contribution in [0.5, 0.6) is 5.75 Å². The van der Waals surface area contributed by atoms with Crippen molar-refractivity contribution in [3.8, 4) is 5.75 Å². The summed E-state index contributed by atoms with van der Waals surface area (Å²) in [5, 5.41) is 13.9. The number of nitro benzene ring substituents is 1. The largest absolute Gasteiger partial charge is 0.484 e. The van der Waals surface area contributed by atoms with Crippen molar-refractivity contribution in [3.63, 3.8) is 0 Å². The summed E-state index contributed by atoms with van der Waals surface area (Å²) in [6, 6.07) is 7.09. The molecule has 1 saturated heterocycles. The standard InChI is InChI=1S/C18H20ClN3O6/c19-15-3-1-13(22(24)25)11-17(15)27-12-14-2-4-16(28-14)18(23)20-5-6-21-7-9-26-10-8-21/h1-4,11H,5-10,12H2,(H,20,23). The number of benzene rings is 1. The van der Waals surface area contributed by atoms with Gasteiger partial charge in [0, 0.05) is 32.2 Å². The third-order valence-electron chi connectivity index (χ3n) is 4.20. The Kier molecular flexibility index (Phi) is 6.85. The summed E-state index contributed by atoms with van der Waals surface area (Å²) >= 11 is 5.99. The van der Waals surface area contributed by atoms with Crippen molar-refractivity contribution < 1.29 is 23.6 Å². The normalized spacial score (nSPS) is 14.6. The molecule has 0 unspecified atom stereocenters. The molecule has 1 amide bonds. The number of nitrogens with one attached hydrogen (secondary N) is 1. The molecule has 1 aliphatic heterocycles. The van der Waals surface area contributed by atoms with Crippen molar-refractivity contribution in [2.45, 2.75) is 6.61 Å². The Labute approximate surface area is 166 Å². The Morgan fingerprint density at radius 2 is 2.07 bits per heavy atom. The molecular weight excluding hydrogens is 390 g/mol. The van der Waals surface area contributed by atoms with E-state index in [-0.39, 0.29) is 34.7 Å². The smallest absolute Gasteiger partial charge is 0.287 e. The molecule has 2 heterocycles. The van der Waals surface area contributed by atoms with E-state index in [0.717, 1.165) is 19.6 Å². The lowest BCUT2D eigenvalue weighted by Crippen LogP contribution is -2.41. The van der Waals surface area contributed by atoms with Gasteiger partial charge in [-0.05, 0) is 18.2 Å². The number of morpholine rings is 1. The van der Waals surface area contributed by atoms with Gasteiger partial charge in [0.25, 0.3) is 11.6 Å². The molecule has 1 N–H and O–H groups in total. The van der Waals surface area contributed by atoms with Crippen LogP contribution in [0.1, 0.15) is 16.3 Å². The van der Waals surface area contributed by atoms with E-state index in [9.17, 15) is 14.9 Å². The van der Waals surface area contributed by atoms with Crippen molar-refractivity contribution in [2.24, 2.45) is 0 Å². The summed E-state index contributed by atoms with van der Waals surface area (Å²) in [6.45, 7) is 4.39. The first-order chi connectivity index (χ1) is 13.5. The topological polar surface area (TPSA) is 107 Å². The van der Waals surface area contributed by atoms with Crippen LogP contribution in [0, 0.1) is 10.1 Å². The van der Waals surface area contributed by atoms with Gasteiger partial charge in [-0.1, -0.05) is 11.6 Å². The minimum absolute atomic E-state index is 0.0120. The number of furan rings is 1. The quantitative estimate of drug-likeness (QED) is 0.527. The lowest BCUT2D eigenvalue weighted by molar-refractivity contribution is -0.384. The molecule has 9 nitrogen and oxygen atoms in total. The van der Waals surface area contributed by atoms with Crippen LogP contribution >= 0.6 is 11.6 Å². The van der Waals surface area contributed by atoms with Crippen LogP contribution in [0.15, 0.2) is 34.7 Å². The molecule has 150 valence electrons. The Bertz CT molecular complexity index is 834. The maximum Gasteiger partial charge on any atom is 0.287 e. The predicted molar refractivity (Wildman–Crippen MR) is 101 cm³/mol. The summed E-state index contributed by atoms with van der Waals surface area (Å²) in [5.41, 5.74) is -0.126. The molecule has 28 heavy (non-hydrogen) atoms. The van der Waals surface area contributed by atoms with Crippen molar-refractivity contribution in [3.05, 3.63) is 57.0 Å². The van der Waals surface area contributed by atoms with Gasteiger partial charge in [0.15, 0.2) is 5.76 Å². The molecule has 3 rings (SSSR count). The summed E-state index contributed by atoms with van der Waals surface area (Å²) in [7, 11) is 0. The van der Waals surface area contributed by atoms with E-state index in [2.05, 4.69) is 10.2 Å². The number of hydrogen-bond acceptors (Lipinski definition) is 7. The highest BCUT2D eigenvalue weighted by Crippen LogP contribution is 2.29. The van der Waals surface area contributed by atoms with Gasteiger partial charge in [-0.3, -0.25) is 19.8 Å². The summed E-state index contributed by atoms with van der Waals surface area (Å²) in [5.74, 6) is 0.434. The fourth-order valence-electron chi connectivity index (χ4n) is 2.68. The van der Waals surface area contributed by atoms with Crippen LogP contribution in [-0.2, 0) is 11.3 Å². The molecule has 1 fully saturated rings. The van der Waals surface area contributed by atoms with E-state index < -0.39 is 4.92 Å². The van der Waals surface area contributed by atoms with Crippen molar-refractivity contribution in [1.82, 2.24) is 10.2 Å². The van der Waals surface area contributed by atoms with E-state index in [4.69, 9.17) is 25.5 Å². The maximum atomic E-state index is 12.2. The van der Waals surface area contributed by atoms with Gasteiger partial charge in [-0.15, -0.1) is 0 Å². The van der Waals surface area contributed by atoms with Crippen molar-refractivity contribution in [2.75, 3.05) is 39.4 Å². The van der Waals surface area contributed by atoms with Crippen LogP contribution < -0.4 is 10.1 Å². The zero-order chi connectivity index (χ0) is 19.9. The number of non-ortho nitro benzene ring substituents is 1. The highest BCUT2D eigenvalue weighted by atomic mass is 35.5. The molecule has 2 aromatic rings. The second-order valence-corrected chi connectivity index (χ2v) is 6.54. The number of nitro groups is 1. The van der Waals surface area contributed by atoms with Crippen LogP contribution in [0.2, 0.25) is 5.02 Å². The van der Waals surface area contributed by atoms with Gasteiger partial charge < -0.3 is 19.2 Å². The molecule has 0 saturated carbocycles. The average molecular weight is 410 g/mol. The number of halogens is 1. The van der Waals surface area contributed by atoms with Gasteiger partial charge in [0.1, 0.15) is 18.1 Å². The maximum absolute atomic E-state index is 12.2. The summed E-state index contributed by atoms with van der Waals surface area (Å²) < 4.78 is 16.2. The lowest BCUT2D eigenvalue weighted by atomic mass is 10.3. The van der Waals surface area contributed by atoms with Crippen LogP contribution in [0.3, 0.4) is 0 Å².